The number of sulfone groups is 1. The third kappa shape index (κ3) is 5.02. The summed E-state index contributed by atoms with van der Waals surface area (Å²) >= 11 is 6.27. The zero-order chi connectivity index (χ0) is 23.3. The van der Waals surface area contributed by atoms with Crippen molar-refractivity contribution in [2.45, 2.75) is 16.1 Å². The molecule has 3 rings (SSSR count). The van der Waals surface area contributed by atoms with Crippen LogP contribution in [0.3, 0.4) is 0 Å². The van der Waals surface area contributed by atoms with Crippen molar-refractivity contribution in [2.24, 2.45) is 0 Å². The zero-order valence-electron chi connectivity index (χ0n) is 16.5. The molecular weight excluding hydrogens is 460 g/mol. The van der Waals surface area contributed by atoms with E-state index in [0.717, 1.165) is 10.8 Å². The number of nitrogens with zero attached hydrogens (tertiary/aromatic N) is 3. The van der Waals surface area contributed by atoms with Gasteiger partial charge in [-0.05, 0) is 31.3 Å². The SMILES string of the molecule is CNC(OC(=O)/C=C/C(=O)O)c1cc(S(=O)(=O)c2ccncc2)n(-c2ccccc2Cl)n1. The molecule has 0 saturated carbocycles. The minimum absolute atomic E-state index is 0.0188. The molecule has 12 heteroatoms. The van der Waals surface area contributed by atoms with Gasteiger partial charge in [0.15, 0.2) is 11.3 Å². The number of rotatable bonds is 8. The first-order chi connectivity index (χ1) is 15.2. The molecule has 0 saturated heterocycles. The molecule has 0 spiro atoms. The van der Waals surface area contributed by atoms with E-state index in [1.54, 1.807) is 24.3 Å². The van der Waals surface area contributed by atoms with Gasteiger partial charge in [0.2, 0.25) is 9.84 Å². The summed E-state index contributed by atoms with van der Waals surface area (Å²) in [6.07, 6.45) is 2.87. The smallest absolute Gasteiger partial charge is 0.332 e. The first-order valence-corrected chi connectivity index (χ1v) is 10.9. The molecule has 2 heterocycles. The summed E-state index contributed by atoms with van der Waals surface area (Å²) in [5, 5.41) is 15.7. The van der Waals surface area contributed by atoms with Crippen LogP contribution >= 0.6 is 11.6 Å². The second-order valence-corrected chi connectivity index (χ2v) is 8.54. The molecule has 0 aliphatic heterocycles. The number of hydrogen-bond donors (Lipinski definition) is 2. The maximum atomic E-state index is 13.3. The van der Waals surface area contributed by atoms with Crippen molar-refractivity contribution in [3.05, 3.63) is 77.7 Å². The van der Waals surface area contributed by atoms with Gasteiger partial charge in [0.1, 0.15) is 5.69 Å². The number of hydrogen-bond acceptors (Lipinski definition) is 8. The van der Waals surface area contributed by atoms with Gasteiger partial charge in [0.25, 0.3) is 0 Å². The van der Waals surface area contributed by atoms with Crippen LogP contribution in [-0.2, 0) is 24.2 Å². The highest BCUT2D eigenvalue weighted by molar-refractivity contribution is 7.91. The average Bonchev–Trinajstić information content (AvgIpc) is 3.23. The van der Waals surface area contributed by atoms with Gasteiger partial charge < -0.3 is 9.84 Å². The maximum absolute atomic E-state index is 13.3. The number of para-hydroxylation sites is 1. The Kier molecular flexibility index (Phi) is 7.03. The Morgan fingerprint density at radius 3 is 2.50 bits per heavy atom. The van der Waals surface area contributed by atoms with E-state index < -0.39 is 28.0 Å². The summed E-state index contributed by atoms with van der Waals surface area (Å²) in [4.78, 5) is 26.3. The number of carbonyl (C=O) groups is 2. The topological polar surface area (TPSA) is 140 Å². The number of benzene rings is 1. The maximum Gasteiger partial charge on any atom is 0.332 e. The molecule has 1 aromatic carbocycles. The highest BCUT2D eigenvalue weighted by Crippen LogP contribution is 2.29. The largest absolute Gasteiger partial charge is 0.478 e. The number of aliphatic carboxylic acids is 1. The third-order valence-electron chi connectivity index (χ3n) is 4.14. The van der Waals surface area contributed by atoms with Crippen molar-refractivity contribution >= 4 is 33.4 Å². The van der Waals surface area contributed by atoms with Gasteiger partial charge in [-0.2, -0.15) is 5.10 Å². The van der Waals surface area contributed by atoms with Crippen LogP contribution < -0.4 is 5.32 Å². The van der Waals surface area contributed by atoms with Crippen LogP contribution in [0, 0.1) is 0 Å². The lowest BCUT2D eigenvalue weighted by atomic mass is 10.3. The number of halogens is 1. The Hall–Kier alpha value is -3.54. The molecular formula is C20H17ClN4O6S. The highest BCUT2D eigenvalue weighted by Gasteiger charge is 2.29. The first-order valence-electron chi connectivity index (χ1n) is 9.03. The average molecular weight is 477 g/mol. The van der Waals surface area contributed by atoms with Crippen molar-refractivity contribution in [1.82, 2.24) is 20.1 Å². The molecule has 1 unspecified atom stereocenters. The monoisotopic (exact) mass is 476 g/mol. The van der Waals surface area contributed by atoms with Crippen LogP contribution in [0.1, 0.15) is 11.9 Å². The summed E-state index contributed by atoms with van der Waals surface area (Å²) in [5.74, 6) is -2.28. The minimum Gasteiger partial charge on any atom is -0.478 e. The summed E-state index contributed by atoms with van der Waals surface area (Å²) in [6.45, 7) is 0. The fourth-order valence-electron chi connectivity index (χ4n) is 2.70. The number of ether oxygens (including phenoxy) is 1. The summed E-state index contributed by atoms with van der Waals surface area (Å²) < 4.78 is 33.0. The molecule has 0 fully saturated rings. The van der Waals surface area contributed by atoms with E-state index in [4.69, 9.17) is 21.4 Å². The van der Waals surface area contributed by atoms with E-state index in [0.29, 0.717) is 11.8 Å². The van der Waals surface area contributed by atoms with Crippen molar-refractivity contribution in [2.75, 3.05) is 7.05 Å². The molecule has 0 bridgehead atoms. The number of esters is 1. The van der Waals surface area contributed by atoms with Gasteiger partial charge in [0.05, 0.1) is 15.6 Å². The van der Waals surface area contributed by atoms with E-state index in [1.165, 1.54) is 37.6 Å². The molecule has 1 atom stereocenters. The highest BCUT2D eigenvalue weighted by atomic mass is 35.5. The summed E-state index contributed by atoms with van der Waals surface area (Å²) in [6, 6.07) is 10.4. The number of pyridine rings is 1. The quantitative estimate of drug-likeness (QED) is 0.284. The van der Waals surface area contributed by atoms with Gasteiger partial charge in [0, 0.05) is 30.6 Å². The molecule has 2 aromatic heterocycles. The Labute approximate surface area is 188 Å². The zero-order valence-corrected chi connectivity index (χ0v) is 18.1. The van der Waals surface area contributed by atoms with Crippen LogP contribution in [0.15, 0.2) is 76.9 Å². The fraction of sp³-hybridized carbons (Fsp3) is 0.100. The molecule has 0 aliphatic carbocycles. The Morgan fingerprint density at radius 1 is 1.19 bits per heavy atom. The van der Waals surface area contributed by atoms with E-state index >= 15 is 0 Å². The molecule has 166 valence electrons. The minimum atomic E-state index is -4.06. The van der Waals surface area contributed by atoms with Crippen LogP contribution in [0.2, 0.25) is 5.02 Å². The van der Waals surface area contributed by atoms with Crippen LogP contribution in [-0.4, -0.2) is 47.3 Å². The van der Waals surface area contributed by atoms with E-state index in [1.807, 2.05) is 0 Å². The molecule has 0 amide bonds. The summed E-state index contributed by atoms with van der Waals surface area (Å²) in [7, 11) is -2.60. The van der Waals surface area contributed by atoms with Crippen LogP contribution in [0.4, 0.5) is 0 Å². The number of carboxylic acids is 1. The van der Waals surface area contributed by atoms with Gasteiger partial charge in [-0.15, -0.1) is 0 Å². The van der Waals surface area contributed by atoms with Crippen molar-refractivity contribution in [1.29, 1.82) is 0 Å². The predicted octanol–water partition coefficient (Wildman–Crippen LogP) is 2.16. The van der Waals surface area contributed by atoms with E-state index in [-0.39, 0.29) is 20.6 Å². The van der Waals surface area contributed by atoms with Gasteiger partial charge in [-0.25, -0.2) is 22.7 Å². The predicted molar refractivity (Wildman–Crippen MR) is 113 cm³/mol. The van der Waals surface area contributed by atoms with E-state index in [2.05, 4.69) is 15.4 Å². The summed E-state index contributed by atoms with van der Waals surface area (Å²) in [5.41, 5.74) is 0.345. The van der Waals surface area contributed by atoms with Gasteiger partial charge in [-0.1, -0.05) is 23.7 Å². The van der Waals surface area contributed by atoms with Crippen LogP contribution in [0.25, 0.3) is 5.69 Å². The molecule has 0 radical (unpaired) electrons. The lowest BCUT2D eigenvalue weighted by Gasteiger charge is -2.13. The number of carboxylic acid groups (broad SMARTS) is 1. The number of carbonyl (C=O) groups excluding carboxylic acids is 1. The van der Waals surface area contributed by atoms with Crippen molar-refractivity contribution in [3.8, 4) is 5.69 Å². The lowest BCUT2D eigenvalue weighted by Crippen LogP contribution is -2.23. The molecule has 10 nitrogen and oxygen atoms in total. The second-order valence-electron chi connectivity index (χ2n) is 6.23. The van der Waals surface area contributed by atoms with Crippen LogP contribution in [0.5, 0.6) is 0 Å². The van der Waals surface area contributed by atoms with Gasteiger partial charge in [-0.3, -0.25) is 10.3 Å². The van der Waals surface area contributed by atoms with Crippen molar-refractivity contribution < 1.29 is 27.9 Å². The standard InChI is InChI=1S/C20H17ClN4O6S/c1-22-20(31-19(28)7-6-18(26)27)15-12-17(32(29,30)13-8-10-23-11-9-13)25(24-15)16-5-3-2-4-14(16)21/h2-12,20,22H,1H3,(H,26,27)/b7-6+. The van der Waals surface area contributed by atoms with Gasteiger partial charge >= 0.3 is 11.9 Å². The molecule has 3 aromatic rings. The lowest BCUT2D eigenvalue weighted by molar-refractivity contribution is -0.145. The number of aromatic nitrogens is 3. The molecule has 2 N–H and O–H groups in total. The third-order valence-corrected chi connectivity index (χ3v) is 6.19. The Bertz CT molecular complexity index is 1270. The Morgan fingerprint density at radius 2 is 1.88 bits per heavy atom. The number of nitrogens with one attached hydrogen (secondary N) is 1. The molecule has 0 aliphatic rings. The normalized spacial score (nSPS) is 12.6. The Balaban J connectivity index is 2.12. The molecule has 32 heavy (non-hydrogen) atoms. The van der Waals surface area contributed by atoms with Crippen molar-refractivity contribution in [3.63, 3.8) is 0 Å². The second kappa shape index (κ2) is 9.73. The van der Waals surface area contributed by atoms with E-state index in [9.17, 15) is 18.0 Å². The fourth-order valence-corrected chi connectivity index (χ4v) is 4.28. The first kappa shape index (κ1) is 23.1.